The molecule has 1 fully saturated rings. The smallest absolute Gasteiger partial charge is 0.333 e. The number of amides is 1. The fourth-order valence-electron chi connectivity index (χ4n) is 2.36. The molecule has 2 heterocycles. The number of aromatic nitrogens is 2. The highest BCUT2D eigenvalue weighted by Gasteiger charge is 2.27. The van der Waals surface area contributed by atoms with Gasteiger partial charge in [-0.1, -0.05) is 41.2 Å². The Morgan fingerprint density at radius 3 is 2.89 bits per heavy atom. The van der Waals surface area contributed by atoms with Crippen molar-refractivity contribution in [3.63, 3.8) is 0 Å². The third-order valence-electron chi connectivity index (χ3n) is 3.68. The van der Waals surface area contributed by atoms with Crippen molar-refractivity contribution in [1.29, 1.82) is 0 Å². The third-order valence-corrected chi connectivity index (χ3v) is 5.51. The van der Waals surface area contributed by atoms with Crippen LogP contribution in [0.2, 0.25) is 0 Å². The van der Waals surface area contributed by atoms with Gasteiger partial charge in [0, 0.05) is 17.9 Å². The van der Waals surface area contributed by atoms with Gasteiger partial charge in [-0.05, 0) is 26.0 Å². The minimum absolute atomic E-state index is 0.0259. The molecule has 7 nitrogen and oxygen atoms in total. The van der Waals surface area contributed by atoms with Gasteiger partial charge in [0.2, 0.25) is 11.8 Å². The first kappa shape index (κ1) is 19.5. The van der Waals surface area contributed by atoms with E-state index in [1.165, 1.54) is 29.6 Å². The Morgan fingerprint density at radius 1 is 1.37 bits per heavy atom. The number of nitrogens with zero attached hydrogens (tertiary/aromatic N) is 3. The number of thioether (sulfide) groups is 2. The number of hydrogen-bond acceptors (Lipinski definition) is 8. The summed E-state index contributed by atoms with van der Waals surface area (Å²) in [4.78, 5) is 25.2. The topological polar surface area (TPSA) is 85.5 Å². The Balaban J connectivity index is 1.56. The minimum Gasteiger partial charge on any atom is -0.463 e. The van der Waals surface area contributed by atoms with Crippen LogP contribution in [-0.2, 0) is 14.3 Å². The Kier molecular flexibility index (Phi) is 6.57. The Bertz CT molecular complexity index is 849. The summed E-state index contributed by atoms with van der Waals surface area (Å²) in [6, 6.07) is 7.84. The third kappa shape index (κ3) is 5.14. The Morgan fingerprint density at radius 2 is 2.15 bits per heavy atom. The fourth-order valence-corrected chi connectivity index (χ4v) is 4.00. The van der Waals surface area contributed by atoms with Gasteiger partial charge in [0.25, 0.3) is 5.22 Å². The molecule has 0 atom stereocenters. The van der Waals surface area contributed by atoms with Crippen molar-refractivity contribution in [2.24, 2.45) is 0 Å². The number of ether oxygens (including phenoxy) is 1. The van der Waals surface area contributed by atoms with Gasteiger partial charge < -0.3 is 14.1 Å². The molecule has 27 heavy (non-hydrogen) atoms. The van der Waals surface area contributed by atoms with Gasteiger partial charge >= 0.3 is 5.97 Å². The van der Waals surface area contributed by atoms with Crippen LogP contribution in [0.5, 0.6) is 0 Å². The summed E-state index contributed by atoms with van der Waals surface area (Å²) in [7, 11) is 0. The zero-order valence-corrected chi connectivity index (χ0v) is 16.6. The van der Waals surface area contributed by atoms with E-state index < -0.39 is 5.97 Å². The fraction of sp³-hybridized carbons (Fsp3) is 0.333. The van der Waals surface area contributed by atoms with Crippen molar-refractivity contribution < 1.29 is 18.7 Å². The van der Waals surface area contributed by atoms with Gasteiger partial charge in [0.05, 0.1) is 23.5 Å². The second-order valence-corrected chi connectivity index (χ2v) is 7.70. The monoisotopic (exact) mass is 405 g/mol. The number of aryl methyl sites for hydroxylation is 1. The van der Waals surface area contributed by atoms with Gasteiger partial charge in [-0.3, -0.25) is 4.79 Å². The molecule has 1 aliphatic rings. The van der Waals surface area contributed by atoms with Gasteiger partial charge in [0.1, 0.15) is 0 Å². The molecule has 1 aliphatic heterocycles. The first-order valence-electron chi connectivity index (χ1n) is 8.41. The lowest BCUT2D eigenvalue weighted by Crippen LogP contribution is -2.27. The van der Waals surface area contributed by atoms with Crippen LogP contribution in [-0.4, -0.2) is 51.6 Å². The van der Waals surface area contributed by atoms with Crippen LogP contribution in [0.25, 0.3) is 11.5 Å². The van der Waals surface area contributed by atoms with Crippen molar-refractivity contribution in [2.45, 2.75) is 19.1 Å². The van der Waals surface area contributed by atoms with E-state index in [2.05, 4.69) is 10.2 Å². The summed E-state index contributed by atoms with van der Waals surface area (Å²) in [5.41, 5.74) is 2.03. The van der Waals surface area contributed by atoms with Crippen molar-refractivity contribution >= 4 is 35.4 Å². The quantitative estimate of drug-likeness (QED) is 0.395. The molecule has 0 unspecified atom stereocenters. The van der Waals surface area contributed by atoms with Crippen molar-refractivity contribution in [3.8, 4) is 11.5 Å². The minimum atomic E-state index is -0.438. The molecule has 1 aromatic carbocycles. The standard InChI is InChI=1S/C18H19N3O4S2/c1-3-24-16(23)10-15-21(14(22)11-27-15)8-9-26-18-20-19-17(25-18)13-6-4-12(2)5-7-13/h4-7,10H,3,8-9,11H2,1-2H3/b15-10-. The largest absolute Gasteiger partial charge is 0.463 e. The van der Waals surface area contributed by atoms with Gasteiger partial charge in [0.15, 0.2) is 0 Å². The van der Waals surface area contributed by atoms with E-state index in [4.69, 9.17) is 9.15 Å². The highest BCUT2D eigenvalue weighted by molar-refractivity contribution is 8.04. The van der Waals surface area contributed by atoms with Gasteiger partial charge in [-0.15, -0.1) is 10.2 Å². The second kappa shape index (κ2) is 9.09. The van der Waals surface area contributed by atoms with E-state index in [1.54, 1.807) is 11.8 Å². The average molecular weight is 406 g/mol. The van der Waals surface area contributed by atoms with Crippen LogP contribution in [0, 0.1) is 6.92 Å². The van der Waals surface area contributed by atoms with E-state index in [0.717, 1.165) is 11.1 Å². The zero-order valence-electron chi connectivity index (χ0n) is 15.0. The summed E-state index contributed by atoms with van der Waals surface area (Å²) >= 11 is 2.71. The molecule has 0 aliphatic carbocycles. The van der Waals surface area contributed by atoms with E-state index in [9.17, 15) is 9.59 Å². The molecular weight excluding hydrogens is 386 g/mol. The van der Waals surface area contributed by atoms with Crippen molar-refractivity contribution in [3.05, 3.63) is 40.9 Å². The molecule has 2 aromatic rings. The Labute approximate surface area is 165 Å². The molecule has 1 aromatic heterocycles. The first-order valence-corrected chi connectivity index (χ1v) is 10.4. The molecule has 0 spiro atoms. The van der Waals surface area contributed by atoms with Crippen LogP contribution in [0.4, 0.5) is 0 Å². The molecule has 9 heteroatoms. The Hall–Kier alpha value is -2.26. The lowest BCUT2D eigenvalue weighted by atomic mass is 10.1. The molecule has 3 rings (SSSR count). The van der Waals surface area contributed by atoms with Crippen LogP contribution in [0.15, 0.2) is 45.0 Å². The first-order chi connectivity index (χ1) is 13.1. The summed E-state index contributed by atoms with van der Waals surface area (Å²) < 4.78 is 10.6. The van der Waals surface area contributed by atoms with Crippen LogP contribution in [0.1, 0.15) is 12.5 Å². The van der Waals surface area contributed by atoms with Crippen molar-refractivity contribution in [1.82, 2.24) is 15.1 Å². The number of carbonyl (C=O) groups is 2. The molecule has 0 bridgehead atoms. The lowest BCUT2D eigenvalue weighted by Gasteiger charge is -2.15. The van der Waals surface area contributed by atoms with Gasteiger partial charge in [-0.2, -0.15) is 0 Å². The molecule has 0 N–H and O–H groups in total. The normalized spacial score (nSPS) is 15.6. The highest BCUT2D eigenvalue weighted by atomic mass is 32.2. The molecule has 0 radical (unpaired) electrons. The van der Waals surface area contributed by atoms with Gasteiger partial charge in [-0.25, -0.2) is 4.79 Å². The predicted octanol–water partition coefficient (Wildman–Crippen LogP) is 3.12. The average Bonchev–Trinajstić information content (AvgIpc) is 3.24. The number of hydrogen-bond donors (Lipinski definition) is 0. The van der Waals surface area contributed by atoms with E-state index in [-0.39, 0.29) is 5.91 Å². The molecule has 142 valence electrons. The van der Waals surface area contributed by atoms with Crippen LogP contribution < -0.4 is 0 Å². The zero-order chi connectivity index (χ0) is 19.2. The lowest BCUT2D eigenvalue weighted by molar-refractivity contribution is -0.137. The summed E-state index contributed by atoms with van der Waals surface area (Å²) in [6.07, 6.45) is 1.37. The molecule has 1 saturated heterocycles. The number of rotatable bonds is 7. The SMILES string of the molecule is CCOC(=O)/C=C1\SCC(=O)N1CCSc1nnc(-c2ccc(C)cc2)o1. The number of esters is 1. The van der Waals surface area contributed by atoms with E-state index in [0.29, 0.717) is 40.8 Å². The molecule has 0 saturated carbocycles. The maximum absolute atomic E-state index is 12.0. The van der Waals surface area contributed by atoms with Crippen molar-refractivity contribution in [2.75, 3.05) is 24.7 Å². The predicted molar refractivity (Wildman–Crippen MR) is 104 cm³/mol. The summed E-state index contributed by atoms with van der Waals surface area (Å²) in [5.74, 6) is 0.901. The molecular formula is C18H19N3O4S2. The maximum atomic E-state index is 12.0. The second-order valence-electron chi connectivity index (χ2n) is 5.66. The number of carbonyl (C=O) groups excluding carboxylic acids is 2. The maximum Gasteiger partial charge on any atom is 0.333 e. The van der Waals surface area contributed by atoms with Crippen LogP contribution in [0.3, 0.4) is 0 Å². The highest BCUT2D eigenvalue weighted by Crippen LogP contribution is 2.30. The summed E-state index contributed by atoms with van der Waals surface area (Å²) in [6.45, 7) is 4.51. The summed E-state index contributed by atoms with van der Waals surface area (Å²) in [5, 5.41) is 9.16. The van der Waals surface area contributed by atoms with Crippen LogP contribution >= 0.6 is 23.5 Å². The van der Waals surface area contributed by atoms with E-state index in [1.807, 2.05) is 31.2 Å². The number of benzene rings is 1. The molecule has 1 amide bonds. The van der Waals surface area contributed by atoms with E-state index >= 15 is 0 Å².